The summed E-state index contributed by atoms with van der Waals surface area (Å²) in [4.78, 5) is 1.38. The summed E-state index contributed by atoms with van der Waals surface area (Å²) < 4.78 is 0. The van der Waals surface area contributed by atoms with Crippen LogP contribution in [0.4, 0.5) is 5.69 Å². The zero-order valence-corrected chi connectivity index (χ0v) is 11.7. The van der Waals surface area contributed by atoms with Gasteiger partial charge in [0.05, 0.1) is 0 Å². The lowest BCUT2D eigenvalue weighted by Gasteiger charge is -2.27. The Labute approximate surface area is 109 Å². The van der Waals surface area contributed by atoms with E-state index in [1.807, 2.05) is 17.8 Å². The third-order valence-corrected chi connectivity index (χ3v) is 5.38. The normalized spacial score (nSPS) is 24.8. The fourth-order valence-electron chi connectivity index (χ4n) is 2.58. The summed E-state index contributed by atoms with van der Waals surface area (Å²) in [6.45, 7) is 4.50. The molecular formula is C15H23NS. The zero-order valence-electron chi connectivity index (χ0n) is 10.9. The second kappa shape index (κ2) is 5.81. The Balaban J connectivity index is 1.95. The van der Waals surface area contributed by atoms with E-state index in [9.17, 15) is 0 Å². The van der Waals surface area contributed by atoms with Gasteiger partial charge in [-0.05, 0) is 56.2 Å². The minimum Gasteiger partial charge on any atom is -0.399 e. The van der Waals surface area contributed by atoms with E-state index in [1.54, 1.807) is 0 Å². The summed E-state index contributed by atoms with van der Waals surface area (Å²) in [6.07, 6.45) is 6.93. The molecule has 1 nitrogen and oxygen atoms in total. The molecule has 2 N–H and O–H groups in total. The molecule has 1 fully saturated rings. The number of aryl methyl sites for hydroxylation is 1. The molecule has 1 aromatic rings. The first-order valence-electron chi connectivity index (χ1n) is 6.71. The Morgan fingerprint density at radius 1 is 1.24 bits per heavy atom. The molecule has 0 spiro atoms. The smallest absolute Gasteiger partial charge is 0.0325 e. The Morgan fingerprint density at radius 3 is 2.59 bits per heavy atom. The number of anilines is 1. The number of hydrogen-bond acceptors (Lipinski definition) is 2. The molecule has 0 unspecified atom stereocenters. The van der Waals surface area contributed by atoms with Crippen LogP contribution in [0.25, 0.3) is 0 Å². The fraction of sp³-hybridized carbons (Fsp3) is 0.600. The van der Waals surface area contributed by atoms with Crippen molar-refractivity contribution in [3.8, 4) is 0 Å². The zero-order chi connectivity index (χ0) is 12.3. The van der Waals surface area contributed by atoms with Crippen molar-refractivity contribution in [1.82, 2.24) is 0 Å². The quantitative estimate of drug-likeness (QED) is 0.790. The summed E-state index contributed by atoms with van der Waals surface area (Å²) in [5.41, 5.74) is 8.11. The van der Waals surface area contributed by atoms with Gasteiger partial charge in [-0.25, -0.2) is 0 Å². The highest BCUT2D eigenvalue weighted by atomic mass is 32.2. The molecular weight excluding hydrogens is 226 g/mol. The molecule has 0 aromatic heterocycles. The highest BCUT2D eigenvalue weighted by Gasteiger charge is 2.21. The summed E-state index contributed by atoms with van der Waals surface area (Å²) in [6, 6.07) is 6.26. The van der Waals surface area contributed by atoms with Crippen LogP contribution in [0.5, 0.6) is 0 Å². The molecule has 0 heterocycles. The van der Waals surface area contributed by atoms with Crippen LogP contribution >= 0.6 is 11.8 Å². The van der Waals surface area contributed by atoms with E-state index in [-0.39, 0.29) is 0 Å². The highest BCUT2D eigenvalue weighted by Crippen LogP contribution is 2.38. The van der Waals surface area contributed by atoms with E-state index in [0.717, 1.165) is 16.9 Å². The minimum absolute atomic E-state index is 0.804. The van der Waals surface area contributed by atoms with Crippen molar-refractivity contribution in [3.05, 3.63) is 23.8 Å². The topological polar surface area (TPSA) is 26.0 Å². The Kier molecular flexibility index (Phi) is 4.38. The number of thioether (sulfide) groups is 1. The van der Waals surface area contributed by atoms with Crippen LogP contribution in [0, 0.1) is 12.8 Å². The SMILES string of the molecule is CCC1CCC(Sc2cc(N)ccc2C)CC1. The van der Waals surface area contributed by atoms with Gasteiger partial charge in [0.1, 0.15) is 0 Å². The predicted molar refractivity (Wildman–Crippen MR) is 77.5 cm³/mol. The summed E-state index contributed by atoms with van der Waals surface area (Å²) in [5, 5.41) is 0.804. The first kappa shape index (κ1) is 12.8. The lowest BCUT2D eigenvalue weighted by molar-refractivity contribution is 0.356. The van der Waals surface area contributed by atoms with Gasteiger partial charge in [-0.3, -0.25) is 0 Å². The van der Waals surface area contributed by atoms with Crippen molar-refractivity contribution in [2.45, 2.75) is 56.1 Å². The van der Waals surface area contributed by atoms with Crippen molar-refractivity contribution in [2.75, 3.05) is 5.73 Å². The molecule has 0 saturated heterocycles. The highest BCUT2D eigenvalue weighted by molar-refractivity contribution is 8.00. The van der Waals surface area contributed by atoms with E-state index < -0.39 is 0 Å². The average Bonchev–Trinajstić information content (AvgIpc) is 2.35. The summed E-state index contributed by atoms with van der Waals surface area (Å²) in [7, 11) is 0. The number of hydrogen-bond donors (Lipinski definition) is 1. The van der Waals surface area contributed by atoms with E-state index in [2.05, 4.69) is 26.0 Å². The van der Waals surface area contributed by atoms with Gasteiger partial charge in [0.15, 0.2) is 0 Å². The van der Waals surface area contributed by atoms with Gasteiger partial charge in [-0.1, -0.05) is 19.4 Å². The van der Waals surface area contributed by atoms with Gasteiger partial charge in [0.25, 0.3) is 0 Å². The third-order valence-electron chi connectivity index (χ3n) is 3.88. The molecule has 1 saturated carbocycles. The van der Waals surface area contributed by atoms with Crippen molar-refractivity contribution in [3.63, 3.8) is 0 Å². The van der Waals surface area contributed by atoms with Crippen LogP contribution in [-0.2, 0) is 0 Å². The lowest BCUT2D eigenvalue weighted by atomic mass is 9.87. The maximum Gasteiger partial charge on any atom is 0.0325 e. The standard InChI is InChI=1S/C15H23NS/c1-3-12-5-8-14(9-6-12)17-15-10-13(16)7-4-11(15)2/h4,7,10,12,14H,3,5-6,8-9,16H2,1-2H3. The Morgan fingerprint density at radius 2 is 1.94 bits per heavy atom. The minimum atomic E-state index is 0.804. The monoisotopic (exact) mass is 249 g/mol. The molecule has 0 amide bonds. The van der Waals surface area contributed by atoms with E-state index in [1.165, 1.54) is 42.6 Å². The molecule has 0 bridgehead atoms. The number of nitrogens with two attached hydrogens (primary N) is 1. The third kappa shape index (κ3) is 3.41. The van der Waals surface area contributed by atoms with Crippen molar-refractivity contribution in [2.24, 2.45) is 5.92 Å². The Bertz CT molecular complexity index is 367. The van der Waals surface area contributed by atoms with Crippen LogP contribution in [0.1, 0.15) is 44.6 Å². The first-order chi connectivity index (χ1) is 8.19. The fourth-order valence-corrected chi connectivity index (χ4v) is 3.91. The lowest BCUT2D eigenvalue weighted by Crippen LogP contribution is -2.15. The van der Waals surface area contributed by atoms with Gasteiger partial charge in [0.2, 0.25) is 0 Å². The van der Waals surface area contributed by atoms with Crippen LogP contribution in [0.3, 0.4) is 0 Å². The van der Waals surface area contributed by atoms with Crippen LogP contribution in [0.15, 0.2) is 23.1 Å². The molecule has 1 aliphatic rings. The predicted octanol–water partition coefficient (Wildman–Crippen LogP) is 4.64. The number of rotatable bonds is 3. The van der Waals surface area contributed by atoms with E-state index in [0.29, 0.717) is 0 Å². The first-order valence-corrected chi connectivity index (χ1v) is 7.59. The molecule has 17 heavy (non-hydrogen) atoms. The van der Waals surface area contributed by atoms with Crippen molar-refractivity contribution >= 4 is 17.4 Å². The molecule has 0 aliphatic heterocycles. The maximum absolute atomic E-state index is 5.86. The van der Waals surface area contributed by atoms with Crippen LogP contribution in [0.2, 0.25) is 0 Å². The largest absolute Gasteiger partial charge is 0.399 e. The molecule has 2 heteroatoms. The van der Waals surface area contributed by atoms with Crippen molar-refractivity contribution < 1.29 is 0 Å². The van der Waals surface area contributed by atoms with Gasteiger partial charge in [0, 0.05) is 15.8 Å². The van der Waals surface area contributed by atoms with Crippen LogP contribution in [-0.4, -0.2) is 5.25 Å². The maximum atomic E-state index is 5.86. The summed E-state index contributed by atoms with van der Waals surface area (Å²) >= 11 is 2.04. The average molecular weight is 249 g/mol. The second-order valence-electron chi connectivity index (χ2n) is 5.19. The molecule has 0 atom stereocenters. The second-order valence-corrected chi connectivity index (χ2v) is 6.54. The molecule has 94 valence electrons. The van der Waals surface area contributed by atoms with Gasteiger partial charge >= 0.3 is 0 Å². The molecule has 1 aliphatic carbocycles. The van der Waals surface area contributed by atoms with Gasteiger partial charge < -0.3 is 5.73 Å². The Hall–Kier alpha value is -0.630. The molecule has 0 radical (unpaired) electrons. The molecule has 1 aromatic carbocycles. The van der Waals surface area contributed by atoms with Gasteiger partial charge in [-0.2, -0.15) is 0 Å². The molecule has 2 rings (SSSR count). The van der Waals surface area contributed by atoms with E-state index >= 15 is 0 Å². The van der Waals surface area contributed by atoms with Crippen LogP contribution < -0.4 is 5.73 Å². The number of benzene rings is 1. The van der Waals surface area contributed by atoms with Gasteiger partial charge in [-0.15, -0.1) is 11.8 Å². The number of nitrogen functional groups attached to an aromatic ring is 1. The summed E-state index contributed by atoms with van der Waals surface area (Å²) in [5.74, 6) is 0.980. The van der Waals surface area contributed by atoms with E-state index in [4.69, 9.17) is 5.73 Å². The van der Waals surface area contributed by atoms with Crippen molar-refractivity contribution in [1.29, 1.82) is 0 Å².